The van der Waals surface area contributed by atoms with Crippen molar-refractivity contribution in [3.05, 3.63) is 89.7 Å². The van der Waals surface area contributed by atoms with E-state index in [-0.39, 0.29) is 5.56 Å². The third-order valence-electron chi connectivity index (χ3n) is 3.51. The number of oxime groups is 1. The van der Waals surface area contributed by atoms with Crippen molar-refractivity contribution in [2.75, 3.05) is 0 Å². The van der Waals surface area contributed by atoms with Crippen LogP contribution in [0.25, 0.3) is 5.69 Å². The molecule has 0 aliphatic carbocycles. The maximum atomic E-state index is 10.9. The number of hydrogen-bond acceptors (Lipinski definition) is 3. The van der Waals surface area contributed by atoms with Gasteiger partial charge in [-0.3, -0.25) is 0 Å². The minimum atomic E-state index is -0.940. The number of carbonyl (C=O) groups is 1. The Morgan fingerprint density at radius 1 is 1.04 bits per heavy atom. The van der Waals surface area contributed by atoms with Crippen molar-refractivity contribution in [2.24, 2.45) is 5.16 Å². The number of aromatic nitrogens is 1. The molecule has 0 spiro atoms. The largest absolute Gasteiger partial charge is 0.478 e. The summed E-state index contributed by atoms with van der Waals surface area (Å²) in [6.07, 6.45) is 3.52. The highest BCUT2D eigenvalue weighted by molar-refractivity contribution is 5.87. The average Bonchev–Trinajstić information content (AvgIpc) is 3.08. The molecule has 0 radical (unpaired) electrons. The molecule has 5 nitrogen and oxygen atoms in total. The minimum Gasteiger partial charge on any atom is -0.478 e. The van der Waals surface area contributed by atoms with Crippen LogP contribution in [0, 0.1) is 0 Å². The van der Waals surface area contributed by atoms with E-state index < -0.39 is 5.97 Å². The average molecular weight is 320 g/mol. The third-order valence-corrected chi connectivity index (χ3v) is 3.51. The molecule has 0 unspecified atom stereocenters. The first-order chi connectivity index (χ1) is 11.7. The van der Waals surface area contributed by atoms with Crippen LogP contribution >= 0.6 is 0 Å². The normalized spacial score (nSPS) is 10.8. The van der Waals surface area contributed by atoms with Crippen LogP contribution in [0.3, 0.4) is 0 Å². The van der Waals surface area contributed by atoms with Gasteiger partial charge in [0.2, 0.25) is 0 Å². The van der Waals surface area contributed by atoms with E-state index in [9.17, 15) is 4.79 Å². The van der Waals surface area contributed by atoms with Crippen molar-refractivity contribution in [1.29, 1.82) is 0 Å². The van der Waals surface area contributed by atoms with Crippen molar-refractivity contribution in [1.82, 2.24) is 4.57 Å². The van der Waals surface area contributed by atoms with E-state index in [0.717, 1.165) is 16.9 Å². The topological polar surface area (TPSA) is 63.8 Å². The molecule has 3 rings (SSSR count). The molecule has 0 aliphatic heterocycles. The molecular formula is C19H16N2O3. The summed E-state index contributed by atoms with van der Waals surface area (Å²) < 4.78 is 1.90. The maximum Gasteiger partial charge on any atom is 0.335 e. The van der Waals surface area contributed by atoms with Crippen LogP contribution < -0.4 is 0 Å². The number of aromatic carboxylic acids is 1. The zero-order valence-electron chi connectivity index (χ0n) is 12.9. The van der Waals surface area contributed by atoms with E-state index in [1.54, 1.807) is 30.5 Å². The highest BCUT2D eigenvalue weighted by Crippen LogP contribution is 2.13. The molecule has 5 heteroatoms. The van der Waals surface area contributed by atoms with Gasteiger partial charge in [0.1, 0.15) is 6.61 Å². The number of carboxylic acid groups (broad SMARTS) is 1. The van der Waals surface area contributed by atoms with Crippen molar-refractivity contribution >= 4 is 12.2 Å². The fourth-order valence-corrected chi connectivity index (χ4v) is 2.28. The van der Waals surface area contributed by atoms with Gasteiger partial charge < -0.3 is 14.5 Å². The van der Waals surface area contributed by atoms with Crippen LogP contribution in [-0.2, 0) is 11.4 Å². The first-order valence-electron chi connectivity index (χ1n) is 7.44. The molecule has 0 bridgehead atoms. The Balaban J connectivity index is 1.68. The lowest BCUT2D eigenvalue weighted by molar-refractivity contribution is 0.0697. The molecule has 1 aromatic heterocycles. The number of carboxylic acids is 1. The SMILES string of the molecule is O=C(O)c1ccc(-n2cccc2/C=N/OCc2ccccc2)cc1. The summed E-state index contributed by atoms with van der Waals surface area (Å²) in [4.78, 5) is 16.2. The highest BCUT2D eigenvalue weighted by Gasteiger charge is 2.05. The summed E-state index contributed by atoms with van der Waals surface area (Å²) in [5.74, 6) is -0.940. The lowest BCUT2D eigenvalue weighted by Gasteiger charge is -2.06. The lowest BCUT2D eigenvalue weighted by atomic mass is 10.2. The molecule has 0 atom stereocenters. The third kappa shape index (κ3) is 3.70. The van der Waals surface area contributed by atoms with Gasteiger partial charge in [-0.05, 0) is 42.0 Å². The monoisotopic (exact) mass is 320 g/mol. The fraction of sp³-hybridized carbons (Fsp3) is 0.0526. The second-order valence-electron chi connectivity index (χ2n) is 5.15. The molecular weight excluding hydrogens is 304 g/mol. The second kappa shape index (κ2) is 7.28. The molecule has 3 aromatic rings. The maximum absolute atomic E-state index is 10.9. The number of rotatable bonds is 6. The lowest BCUT2D eigenvalue weighted by Crippen LogP contribution is -2.00. The molecule has 1 N–H and O–H groups in total. The van der Waals surface area contributed by atoms with Gasteiger partial charge in [0.15, 0.2) is 0 Å². The molecule has 120 valence electrons. The van der Waals surface area contributed by atoms with Crippen LogP contribution in [0.15, 0.2) is 78.1 Å². The Labute approximate surface area is 139 Å². The van der Waals surface area contributed by atoms with Gasteiger partial charge in [-0.1, -0.05) is 35.5 Å². The summed E-state index contributed by atoms with van der Waals surface area (Å²) in [7, 11) is 0. The molecule has 24 heavy (non-hydrogen) atoms. The van der Waals surface area contributed by atoms with Crippen LogP contribution in [0.2, 0.25) is 0 Å². The van der Waals surface area contributed by atoms with Gasteiger partial charge in [-0.25, -0.2) is 4.79 Å². The first kappa shape index (κ1) is 15.6. The van der Waals surface area contributed by atoms with Crippen LogP contribution in [0.4, 0.5) is 0 Å². The predicted molar refractivity (Wildman–Crippen MR) is 91.6 cm³/mol. The summed E-state index contributed by atoms with van der Waals surface area (Å²) in [5.41, 5.74) is 3.00. The molecule has 0 fully saturated rings. The van der Waals surface area contributed by atoms with E-state index in [1.807, 2.05) is 53.2 Å². The van der Waals surface area contributed by atoms with Crippen molar-refractivity contribution in [2.45, 2.75) is 6.61 Å². The minimum absolute atomic E-state index is 0.257. The Hall–Kier alpha value is -3.34. The van der Waals surface area contributed by atoms with Gasteiger partial charge >= 0.3 is 5.97 Å². The van der Waals surface area contributed by atoms with E-state index in [2.05, 4.69) is 5.16 Å². The molecule has 0 saturated carbocycles. The number of nitrogens with zero attached hydrogens (tertiary/aromatic N) is 2. The molecule has 2 aromatic carbocycles. The van der Waals surface area contributed by atoms with Crippen molar-refractivity contribution in [3.8, 4) is 5.69 Å². The van der Waals surface area contributed by atoms with E-state index in [4.69, 9.17) is 9.94 Å². The van der Waals surface area contributed by atoms with Gasteiger partial charge in [-0.2, -0.15) is 0 Å². The quantitative estimate of drug-likeness (QED) is 0.556. The zero-order valence-corrected chi connectivity index (χ0v) is 12.9. The van der Waals surface area contributed by atoms with Gasteiger partial charge in [-0.15, -0.1) is 0 Å². The Morgan fingerprint density at radius 3 is 2.50 bits per heavy atom. The smallest absolute Gasteiger partial charge is 0.335 e. The molecule has 0 saturated heterocycles. The molecule has 1 heterocycles. The summed E-state index contributed by atoms with van der Waals surface area (Å²) in [6, 6.07) is 20.3. The van der Waals surface area contributed by atoms with E-state index >= 15 is 0 Å². The Morgan fingerprint density at radius 2 is 1.79 bits per heavy atom. The summed E-state index contributed by atoms with van der Waals surface area (Å²) in [6.45, 7) is 0.408. The van der Waals surface area contributed by atoms with E-state index in [1.165, 1.54) is 0 Å². The number of benzene rings is 2. The van der Waals surface area contributed by atoms with E-state index in [0.29, 0.717) is 6.61 Å². The number of hydrogen-bond donors (Lipinski definition) is 1. The van der Waals surface area contributed by atoms with Crippen molar-refractivity contribution < 1.29 is 14.7 Å². The Kier molecular flexibility index (Phi) is 4.72. The van der Waals surface area contributed by atoms with Gasteiger partial charge in [0.05, 0.1) is 17.5 Å². The molecule has 0 amide bonds. The molecule has 0 aliphatic rings. The summed E-state index contributed by atoms with van der Waals surface area (Å²) >= 11 is 0. The highest BCUT2D eigenvalue weighted by atomic mass is 16.6. The van der Waals surface area contributed by atoms with Gasteiger partial charge in [0.25, 0.3) is 0 Å². The zero-order chi connectivity index (χ0) is 16.8. The van der Waals surface area contributed by atoms with Crippen LogP contribution in [0.5, 0.6) is 0 Å². The summed E-state index contributed by atoms with van der Waals surface area (Å²) in [5, 5.41) is 13.0. The standard InChI is InChI=1S/C19H16N2O3/c22-19(23)16-8-10-17(11-9-16)21-12-4-7-18(21)13-20-24-14-15-5-2-1-3-6-15/h1-13H,14H2,(H,22,23)/b20-13+. The van der Waals surface area contributed by atoms with Crippen LogP contribution in [0.1, 0.15) is 21.6 Å². The Bertz CT molecular complexity index is 837. The first-order valence-corrected chi connectivity index (χ1v) is 7.44. The van der Waals surface area contributed by atoms with Crippen LogP contribution in [-0.4, -0.2) is 21.9 Å². The van der Waals surface area contributed by atoms with Crippen molar-refractivity contribution in [3.63, 3.8) is 0 Å². The van der Waals surface area contributed by atoms with Gasteiger partial charge in [0, 0.05) is 11.9 Å². The second-order valence-corrected chi connectivity index (χ2v) is 5.15. The predicted octanol–water partition coefficient (Wildman–Crippen LogP) is 3.73. The fourth-order valence-electron chi connectivity index (χ4n) is 2.28.